The molecule has 24 heavy (non-hydrogen) atoms. The first-order chi connectivity index (χ1) is 11.6. The van der Waals surface area contributed by atoms with E-state index in [9.17, 15) is 9.59 Å². The fourth-order valence-corrected chi connectivity index (χ4v) is 3.70. The zero-order chi connectivity index (χ0) is 16.9. The van der Waals surface area contributed by atoms with Crippen molar-refractivity contribution >= 4 is 23.4 Å². The molecule has 0 spiro atoms. The van der Waals surface area contributed by atoms with Gasteiger partial charge in [-0.1, -0.05) is 43.0 Å². The topological polar surface area (TPSA) is 58.2 Å². The number of nitrogens with one attached hydrogen (secondary N) is 2. The summed E-state index contributed by atoms with van der Waals surface area (Å²) in [7, 11) is 0. The molecule has 2 atom stereocenters. The molecule has 0 saturated heterocycles. The van der Waals surface area contributed by atoms with Crippen molar-refractivity contribution in [3.05, 3.63) is 34.9 Å². The predicted molar refractivity (Wildman–Crippen MR) is 94.8 cm³/mol. The lowest BCUT2D eigenvalue weighted by Gasteiger charge is -2.22. The number of benzene rings is 1. The second-order valence-corrected chi connectivity index (χ2v) is 7.40. The Morgan fingerprint density at radius 3 is 2.58 bits per heavy atom. The molecule has 0 heterocycles. The maximum atomic E-state index is 12.2. The van der Waals surface area contributed by atoms with E-state index in [1.54, 1.807) is 0 Å². The van der Waals surface area contributed by atoms with Crippen LogP contribution >= 0.6 is 11.6 Å². The summed E-state index contributed by atoms with van der Waals surface area (Å²) in [6.45, 7) is 0.576. The third-order valence-corrected chi connectivity index (χ3v) is 5.25. The van der Waals surface area contributed by atoms with Crippen LogP contribution in [0.25, 0.3) is 0 Å². The fraction of sp³-hybridized carbons (Fsp3) is 0.579. The van der Waals surface area contributed by atoms with E-state index in [2.05, 4.69) is 10.6 Å². The van der Waals surface area contributed by atoms with Crippen LogP contribution in [0.3, 0.4) is 0 Å². The maximum absolute atomic E-state index is 12.2. The Labute approximate surface area is 148 Å². The van der Waals surface area contributed by atoms with E-state index in [1.165, 1.54) is 19.3 Å². The molecule has 2 N–H and O–H groups in total. The highest BCUT2D eigenvalue weighted by Crippen LogP contribution is 2.39. The Morgan fingerprint density at radius 1 is 1.08 bits per heavy atom. The first-order valence-corrected chi connectivity index (χ1v) is 9.34. The van der Waals surface area contributed by atoms with Gasteiger partial charge in [0.15, 0.2) is 0 Å². The van der Waals surface area contributed by atoms with Crippen molar-refractivity contribution in [2.24, 2.45) is 11.8 Å². The van der Waals surface area contributed by atoms with Crippen LogP contribution in [-0.2, 0) is 16.0 Å². The fourth-order valence-electron chi connectivity index (χ4n) is 3.48. The molecule has 1 aromatic carbocycles. The van der Waals surface area contributed by atoms with Gasteiger partial charge in [-0.2, -0.15) is 0 Å². The summed E-state index contributed by atoms with van der Waals surface area (Å²) in [5.41, 5.74) is 1.10. The van der Waals surface area contributed by atoms with Gasteiger partial charge in [-0.15, -0.1) is 0 Å². The smallest absolute Gasteiger partial charge is 0.224 e. The molecule has 4 nitrogen and oxygen atoms in total. The lowest BCUT2D eigenvalue weighted by atomic mass is 9.95. The van der Waals surface area contributed by atoms with E-state index in [0.29, 0.717) is 24.0 Å². The van der Waals surface area contributed by atoms with Crippen molar-refractivity contribution in [1.29, 1.82) is 0 Å². The minimum Gasteiger partial charge on any atom is -0.356 e. The standard InChI is InChI=1S/C19H25ClN2O2/c20-14-6-4-5-13(11-14)9-10-21-18(23)16-12-17(16)19(24)22-15-7-2-1-3-8-15/h4-6,11,15-17H,1-3,7-10,12H2,(H,21,23)(H,22,24). The van der Waals surface area contributed by atoms with Crippen molar-refractivity contribution in [2.75, 3.05) is 6.54 Å². The summed E-state index contributed by atoms with van der Waals surface area (Å²) in [4.78, 5) is 24.4. The van der Waals surface area contributed by atoms with E-state index in [0.717, 1.165) is 24.8 Å². The third kappa shape index (κ3) is 4.73. The Morgan fingerprint density at radius 2 is 1.83 bits per heavy atom. The zero-order valence-corrected chi connectivity index (χ0v) is 14.6. The number of amides is 2. The van der Waals surface area contributed by atoms with Gasteiger partial charge in [0.25, 0.3) is 0 Å². The minimum absolute atomic E-state index is 0.000761. The number of hydrogen-bond acceptors (Lipinski definition) is 2. The van der Waals surface area contributed by atoms with Crippen molar-refractivity contribution in [2.45, 2.75) is 51.0 Å². The van der Waals surface area contributed by atoms with Crippen molar-refractivity contribution in [3.63, 3.8) is 0 Å². The lowest BCUT2D eigenvalue weighted by Crippen LogP contribution is -2.38. The van der Waals surface area contributed by atoms with E-state index < -0.39 is 0 Å². The van der Waals surface area contributed by atoms with Gasteiger partial charge in [0.1, 0.15) is 0 Å². The molecule has 130 valence electrons. The van der Waals surface area contributed by atoms with Gasteiger partial charge in [-0.25, -0.2) is 0 Å². The molecule has 0 bridgehead atoms. The van der Waals surface area contributed by atoms with Gasteiger partial charge < -0.3 is 10.6 Å². The van der Waals surface area contributed by atoms with E-state index in [1.807, 2.05) is 24.3 Å². The van der Waals surface area contributed by atoms with Gasteiger partial charge in [0, 0.05) is 17.6 Å². The monoisotopic (exact) mass is 348 g/mol. The van der Waals surface area contributed by atoms with Gasteiger partial charge in [-0.05, 0) is 43.4 Å². The highest BCUT2D eigenvalue weighted by atomic mass is 35.5. The lowest BCUT2D eigenvalue weighted by molar-refractivity contribution is -0.127. The highest BCUT2D eigenvalue weighted by molar-refractivity contribution is 6.30. The van der Waals surface area contributed by atoms with Crippen LogP contribution < -0.4 is 10.6 Å². The molecule has 2 saturated carbocycles. The predicted octanol–water partition coefficient (Wildman–Crippen LogP) is 3.08. The Kier molecular flexibility index (Phi) is 5.77. The molecular weight excluding hydrogens is 324 g/mol. The van der Waals surface area contributed by atoms with Crippen LogP contribution in [0.4, 0.5) is 0 Å². The van der Waals surface area contributed by atoms with Gasteiger partial charge >= 0.3 is 0 Å². The first kappa shape index (κ1) is 17.3. The second-order valence-electron chi connectivity index (χ2n) is 6.96. The third-order valence-electron chi connectivity index (χ3n) is 5.02. The number of carbonyl (C=O) groups excluding carboxylic acids is 2. The van der Waals surface area contributed by atoms with E-state index in [4.69, 9.17) is 11.6 Å². The highest BCUT2D eigenvalue weighted by Gasteiger charge is 2.48. The maximum Gasteiger partial charge on any atom is 0.224 e. The summed E-state index contributed by atoms with van der Waals surface area (Å²) in [5.74, 6) is -0.205. The quantitative estimate of drug-likeness (QED) is 0.830. The average Bonchev–Trinajstić information content (AvgIpc) is 3.37. The van der Waals surface area contributed by atoms with Crippen molar-refractivity contribution < 1.29 is 9.59 Å². The zero-order valence-electron chi connectivity index (χ0n) is 13.9. The summed E-state index contributed by atoms with van der Waals surface area (Å²) >= 11 is 5.95. The van der Waals surface area contributed by atoms with Crippen LogP contribution in [0.2, 0.25) is 5.02 Å². The van der Waals surface area contributed by atoms with E-state index in [-0.39, 0.29) is 23.7 Å². The van der Waals surface area contributed by atoms with Crippen LogP contribution in [0.5, 0.6) is 0 Å². The van der Waals surface area contributed by atoms with Crippen LogP contribution in [0.15, 0.2) is 24.3 Å². The first-order valence-electron chi connectivity index (χ1n) is 8.96. The molecule has 2 fully saturated rings. The Bertz CT molecular complexity index is 599. The molecule has 0 radical (unpaired) electrons. The molecule has 2 amide bonds. The van der Waals surface area contributed by atoms with E-state index >= 15 is 0 Å². The number of carbonyl (C=O) groups is 2. The summed E-state index contributed by atoms with van der Waals surface area (Å²) in [5, 5.41) is 6.77. The van der Waals surface area contributed by atoms with Gasteiger partial charge in [0.2, 0.25) is 11.8 Å². The molecule has 2 aliphatic carbocycles. The molecule has 5 heteroatoms. The molecule has 0 aromatic heterocycles. The van der Waals surface area contributed by atoms with Crippen LogP contribution in [-0.4, -0.2) is 24.4 Å². The summed E-state index contributed by atoms with van der Waals surface area (Å²) in [6.07, 6.45) is 7.25. The second kappa shape index (κ2) is 8.02. The van der Waals surface area contributed by atoms with Crippen molar-refractivity contribution in [1.82, 2.24) is 10.6 Å². The normalized spacial score (nSPS) is 23.5. The number of rotatable bonds is 6. The summed E-state index contributed by atoms with van der Waals surface area (Å²) < 4.78 is 0. The van der Waals surface area contributed by atoms with Gasteiger partial charge in [0.05, 0.1) is 11.8 Å². The number of hydrogen-bond donors (Lipinski definition) is 2. The molecule has 3 rings (SSSR count). The minimum atomic E-state index is -0.145. The largest absolute Gasteiger partial charge is 0.356 e. The SMILES string of the molecule is O=C(NCCc1cccc(Cl)c1)C1CC1C(=O)NC1CCCCC1. The summed E-state index contributed by atoms with van der Waals surface area (Å²) in [6, 6.07) is 7.97. The van der Waals surface area contributed by atoms with Crippen molar-refractivity contribution in [3.8, 4) is 0 Å². The van der Waals surface area contributed by atoms with Crippen LogP contribution in [0.1, 0.15) is 44.1 Å². The average molecular weight is 349 g/mol. The molecule has 2 aliphatic rings. The Hall–Kier alpha value is -1.55. The van der Waals surface area contributed by atoms with Gasteiger partial charge in [-0.3, -0.25) is 9.59 Å². The Balaban J connectivity index is 1.37. The molecule has 0 aliphatic heterocycles. The molecule has 2 unspecified atom stereocenters. The van der Waals surface area contributed by atoms with Crippen LogP contribution in [0, 0.1) is 11.8 Å². The number of halogens is 1. The molecular formula is C19H25ClN2O2. The molecule has 1 aromatic rings.